The van der Waals surface area contributed by atoms with Crippen LogP contribution in [0.2, 0.25) is 0 Å². The van der Waals surface area contributed by atoms with Crippen molar-refractivity contribution in [1.82, 2.24) is 15.1 Å². The van der Waals surface area contributed by atoms with E-state index in [4.69, 9.17) is 0 Å². The molecule has 0 aliphatic carbocycles. The van der Waals surface area contributed by atoms with Gasteiger partial charge in [0.1, 0.15) is 0 Å². The van der Waals surface area contributed by atoms with Crippen molar-refractivity contribution in [3.05, 3.63) is 35.9 Å². The summed E-state index contributed by atoms with van der Waals surface area (Å²) in [5.41, 5.74) is 1.43. The Balaban J connectivity index is 1.59. The molecule has 1 aromatic carbocycles. The Kier molecular flexibility index (Phi) is 4.94. The van der Waals surface area contributed by atoms with Gasteiger partial charge < -0.3 is 10.2 Å². The smallest absolute Gasteiger partial charge is 0.0449 e. The Labute approximate surface area is 129 Å². The van der Waals surface area contributed by atoms with Crippen molar-refractivity contribution in [3.8, 4) is 0 Å². The van der Waals surface area contributed by atoms with Gasteiger partial charge in [0.25, 0.3) is 0 Å². The molecule has 0 saturated carbocycles. The molecule has 2 heterocycles. The zero-order valence-electron chi connectivity index (χ0n) is 13.5. The molecule has 0 bridgehead atoms. The molecule has 3 rings (SSSR count). The highest BCUT2D eigenvalue weighted by atomic mass is 15.2. The molecule has 2 fully saturated rings. The molecule has 2 aliphatic rings. The van der Waals surface area contributed by atoms with Gasteiger partial charge in [-0.1, -0.05) is 37.3 Å². The number of nitrogens with zero attached hydrogens (tertiary/aromatic N) is 2. The standard InChI is InChI=1S/C18H29N3/c1-3-20-10-9-16(12-20)13-21-14-18(19-11-15(21)2)17-7-5-4-6-8-17/h4-8,15-16,18-19H,3,9-14H2,1-2H3. The maximum Gasteiger partial charge on any atom is 0.0449 e. The molecule has 3 heteroatoms. The lowest BCUT2D eigenvalue weighted by atomic mass is 10.00. The van der Waals surface area contributed by atoms with E-state index >= 15 is 0 Å². The third-order valence-electron chi connectivity index (χ3n) is 5.21. The predicted octanol–water partition coefficient (Wildman–Crippen LogP) is 2.36. The number of benzene rings is 1. The molecule has 3 nitrogen and oxygen atoms in total. The Hall–Kier alpha value is -0.900. The monoisotopic (exact) mass is 287 g/mol. The lowest BCUT2D eigenvalue weighted by Gasteiger charge is -2.40. The van der Waals surface area contributed by atoms with Crippen molar-refractivity contribution in [3.63, 3.8) is 0 Å². The van der Waals surface area contributed by atoms with E-state index < -0.39 is 0 Å². The van der Waals surface area contributed by atoms with Gasteiger partial charge in [-0.15, -0.1) is 0 Å². The summed E-state index contributed by atoms with van der Waals surface area (Å²) >= 11 is 0. The molecule has 0 amide bonds. The highest BCUT2D eigenvalue weighted by Gasteiger charge is 2.30. The number of piperazine rings is 1. The largest absolute Gasteiger partial charge is 0.307 e. The molecule has 0 spiro atoms. The van der Waals surface area contributed by atoms with E-state index in [0.29, 0.717) is 12.1 Å². The van der Waals surface area contributed by atoms with Crippen LogP contribution in [0, 0.1) is 5.92 Å². The van der Waals surface area contributed by atoms with Gasteiger partial charge in [0.2, 0.25) is 0 Å². The van der Waals surface area contributed by atoms with Crippen LogP contribution < -0.4 is 5.32 Å². The number of nitrogens with one attached hydrogen (secondary N) is 1. The van der Waals surface area contributed by atoms with E-state index in [-0.39, 0.29) is 0 Å². The molecule has 2 aliphatic heterocycles. The lowest BCUT2D eigenvalue weighted by molar-refractivity contribution is 0.120. The molecule has 3 atom stereocenters. The van der Waals surface area contributed by atoms with Gasteiger partial charge in [-0.3, -0.25) is 4.90 Å². The third kappa shape index (κ3) is 3.65. The first-order valence-electron chi connectivity index (χ1n) is 8.51. The van der Waals surface area contributed by atoms with E-state index in [0.717, 1.165) is 19.0 Å². The fourth-order valence-corrected chi connectivity index (χ4v) is 3.76. The fourth-order valence-electron chi connectivity index (χ4n) is 3.76. The summed E-state index contributed by atoms with van der Waals surface area (Å²) in [6.45, 7) is 12.0. The van der Waals surface area contributed by atoms with Crippen molar-refractivity contribution < 1.29 is 0 Å². The quantitative estimate of drug-likeness (QED) is 0.917. The number of hydrogen-bond acceptors (Lipinski definition) is 3. The van der Waals surface area contributed by atoms with E-state index in [1.54, 1.807) is 0 Å². The summed E-state index contributed by atoms with van der Waals surface area (Å²) in [5.74, 6) is 0.863. The van der Waals surface area contributed by atoms with Gasteiger partial charge in [0.05, 0.1) is 0 Å². The topological polar surface area (TPSA) is 18.5 Å². The van der Waals surface area contributed by atoms with Gasteiger partial charge in [-0.05, 0) is 37.9 Å². The zero-order chi connectivity index (χ0) is 14.7. The highest BCUT2D eigenvalue weighted by molar-refractivity contribution is 5.20. The summed E-state index contributed by atoms with van der Waals surface area (Å²) < 4.78 is 0. The second-order valence-electron chi connectivity index (χ2n) is 6.72. The maximum absolute atomic E-state index is 3.71. The van der Waals surface area contributed by atoms with Crippen LogP contribution in [0.5, 0.6) is 0 Å². The predicted molar refractivity (Wildman–Crippen MR) is 88.4 cm³/mol. The normalized spacial score (nSPS) is 31.6. The van der Waals surface area contributed by atoms with Crippen molar-refractivity contribution in [2.75, 3.05) is 39.3 Å². The highest BCUT2D eigenvalue weighted by Crippen LogP contribution is 2.23. The maximum atomic E-state index is 3.71. The second kappa shape index (κ2) is 6.91. The minimum Gasteiger partial charge on any atom is -0.307 e. The van der Waals surface area contributed by atoms with Crippen LogP contribution in [-0.2, 0) is 0 Å². The van der Waals surface area contributed by atoms with E-state index in [1.165, 1.54) is 38.2 Å². The molecular weight excluding hydrogens is 258 g/mol. The molecule has 21 heavy (non-hydrogen) atoms. The van der Waals surface area contributed by atoms with Crippen molar-refractivity contribution >= 4 is 0 Å². The molecule has 1 aromatic rings. The van der Waals surface area contributed by atoms with Crippen molar-refractivity contribution in [2.24, 2.45) is 5.92 Å². The summed E-state index contributed by atoms with van der Waals surface area (Å²) in [5, 5.41) is 3.71. The molecule has 116 valence electrons. The van der Waals surface area contributed by atoms with Crippen LogP contribution >= 0.6 is 0 Å². The SMILES string of the molecule is CCN1CCC(CN2CC(c3ccccc3)NCC2C)C1. The average Bonchev–Trinajstić information content (AvgIpc) is 2.98. The summed E-state index contributed by atoms with van der Waals surface area (Å²) in [6, 6.07) is 12.0. The van der Waals surface area contributed by atoms with Crippen LogP contribution in [-0.4, -0.2) is 55.1 Å². The summed E-state index contributed by atoms with van der Waals surface area (Å²) in [6.07, 6.45) is 1.38. The van der Waals surface area contributed by atoms with Gasteiger partial charge in [-0.25, -0.2) is 0 Å². The molecular formula is C18H29N3. The minimum atomic E-state index is 0.492. The third-order valence-corrected chi connectivity index (χ3v) is 5.21. The molecule has 3 unspecified atom stereocenters. The van der Waals surface area contributed by atoms with Gasteiger partial charge in [0.15, 0.2) is 0 Å². The molecule has 2 saturated heterocycles. The summed E-state index contributed by atoms with van der Waals surface area (Å²) in [4.78, 5) is 5.30. The molecule has 0 aromatic heterocycles. The first-order chi connectivity index (χ1) is 10.3. The second-order valence-corrected chi connectivity index (χ2v) is 6.72. The Morgan fingerprint density at radius 3 is 2.71 bits per heavy atom. The Bertz CT molecular complexity index is 433. The molecule has 1 N–H and O–H groups in total. The first kappa shape index (κ1) is 15.0. The van der Waals surface area contributed by atoms with Crippen LogP contribution in [0.1, 0.15) is 31.9 Å². The van der Waals surface area contributed by atoms with Crippen LogP contribution in [0.3, 0.4) is 0 Å². The van der Waals surface area contributed by atoms with Crippen molar-refractivity contribution in [2.45, 2.75) is 32.4 Å². The van der Waals surface area contributed by atoms with E-state index in [2.05, 4.69) is 59.3 Å². The molecule has 0 radical (unpaired) electrons. The number of likely N-dealkylation sites (tertiary alicyclic amines) is 1. The van der Waals surface area contributed by atoms with Crippen LogP contribution in [0.4, 0.5) is 0 Å². The minimum absolute atomic E-state index is 0.492. The summed E-state index contributed by atoms with van der Waals surface area (Å²) in [7, 11) is 0. The van der Waals surface area contributed by atoms with Crippen LogP contribution in [0.15, 0.2) is 30.3 Å². The number of rotatable bonds is 4. The van der Waals surface area contributed by atoms with E-state index in [9.17, 15) is 0 Å². The van der Waals surface area contributed by atoms with Gasteiger partial charge >= 0.3 is 0 Å². The van der Waals surface area contributed by atoms with Gasteiger partial charge in [-0.2, -0.15) is 0 Å². The van der Waals surface area contributed by atoms with E-state index in [1.807, 2.05) is 0 Å². The number of hydrogen-bond donors (Lipinski definition) is 1. The first-order valence-corrected chi connectivity index (χ1v) is 8.51. The Morgan fingerprint density at radius 2 is 2.00 bits per heavy atom. The zero-order valence-corrected chi connectivity index (χ0v) is 13.5. The van der Waals surface area contributed by atoms with Gasteiger partial charge in [0, 0.05) is 38.3 Å². The van der Waals surface area contributed by atoms with Crippen molar-refractivity contribution in [1.29, 1.82) is 0 Å². The lowest BCUT2D eigenvalue weighted by Crippen LogP contribution is -2.52. The average molecular weight is 287 g/mol. The fraction of sp³-hybridized carbons (Fsp3) is 0.667. The Morgan fingerprint density at radius 1 is 1.19 bits per heavy atom. The van der Waals surface area contributed by atoms with Crippen LogP contribution in [0.25, 0.3) is 0 Å².